The van der Waals surface area contributed by atoms with Crippen LogP contribution in [-0.2, 0) is 24.8 Å². The van der Waals surface area contributed by atoms with Crippen LogP contribution in [0.1, 0.15) is 49.9 Å². The number of nitrogens with zero attached hydrogens (tertiary/aromatic N) is 4. The van der Waals surface area contributed by atoms with E-state index in [4.69, 9.17) is 0 Å². The molecule has 0 radical (unpaired) electrons. The normalized spacial score (nSPS) is 16.0. The Morgan fingerprint density at radius 3 is 2.50 bits per heavy atom. The lowest BCUT2D eigenvalue weighted by molar-refractivity contribution is -0.117. The molecule has 1 aliphatic rings. The number of hydrogen-bond donors (Lipinski definition) is 1. The Morgan fingerprint density at radius 1 is 1.21 bits per heavy atom. The van der Waals surface area contributed by atoms with E-state index in [1.54, 1.807) is 0 Å². The lowest BCUT2D eigenvalue weighted by Gasteiger charge is -2.18. The van der Waals surface area contributed by atoms with E-state index >= 15 is 0 Å². The van der Waals surface area contributed by atoms with Crippen molar-refractivity contribution in [1.29, 1.82) is 0 Å². The van der Waals surface area contributed by atoms with E-state index in [0.717, 1.165) is 36.7 Å². The van der Waals surface area contributed by atoms with Crippen molar-refractivity contribution in [2.75, 3.05) is 11.4 Å². The van der Waals surface area contributed by atoms with Gasteiger partial charge < -0.3 is 14.8 Å². The molecule has 1 amide bonds. The van der Waals surface area contributed by atoms with Crippen molar-refractivity contribution in [2.45, 2.75) is 45.7 Å². The number of nitrogens with one attached hydrogen (secondary N) is 1. The van der Waals surface area contributed by atoms with Gasteiger partial charge in [0.2, 0.25) is 5.91 Å². The van der Waals surface area contributed by atoms with Crippen molar-refractivity contribution in [3.05, 3.63) is 41.5 Å². The van der Waals surface area contributed by atoms with Crippen molar-refractivity contribution in [1.82, 2.24) is 20.1 Å². The van der Waals surface area contributed by atoms with Crippen LogP contribution in [0.3, 0.4) is 0 Å². The summed E-state index contributed by atoms with van der Waals surface area (Å²) in [6.45, 7) is 5.72. The minimum atomic E-state index is 0.204. The first-order valence-electron chi connectivity index (χ1n) is 8.61. The number of rotatable bonds is 6. The van der Waals surface area contributed by atoms with Crippen LogP contribution in [-0.4, -0.2) is 27.2 Å². The molecule has 6 nitrogen and oxygen atoms in total. The molecule has 1 saturated heterocycles. The minimum absolute atomic E-state index is 0.204. The molecule has 24 heavy (non-hydrogen) atoms. The molecular formula is C18H25N5O. The topological polar surface area (TPSA) is 63.1 Å². The molecule has 1 N–H and O–H groups in total. The third-order valence-corrected chi connectivity index (χ3v) is 4.72. The average molecular weight is 327 g/mol. The monoisotopic (exact) mass is 327 g/mol. The van der Waals surface area contributed by atoms with Crippen LogP contribution in [0.5, 0.6) is 0 Å². The highest BCUT2D eigenvalue weighted by Crippen LogP contribution is 2.23. The summed E-state index contributed by atoms with van der Waals surface area (Å²) >= 11 is 0. The summed E-state index contributed by atoms with van der Waals surface area (Å²) in [6.07, 6.45) is 2.50. The summed E-state index contributed by atoms with van der Waals surface area (Å²) in [5.74, 6) is 2.17. The van der Waals surface area contributed by atoms with Gasteiger partial charge in [-0.2, -0.15) is 0 Å². The number of anilines is 1. The molecule has 0 spiro atoms. The summed E-state index contributed by atoms with van der Waals surface area (Å²) in [7, 11) is 2.00. The molecule has 1 aromatic heterocycles. The highest BCUT2D eigenvalue weighted by Gasteiger charge is 2.21. The van der Waals surface area contributed by atoms with E-state index < -0.39 is 0 Å². The maximum absolute atomic E-state index is 11.8. The summed E-state index contributed by atoms with van der Waals surface area (Å²) in [5, 5.41) is 11.9. The second kappa shape index (κ2) is 7.13. The average Bonchev–Trinajstić information content (AvgIpc) is 3.18. The largest absolute Gasteiger partial charge is 0.317 e. The minimum Gasteiger partial charge on any atom is -0.317 e. The Morgan fingerprint density at radius 2 is 1.92 bits per heavy atom. The number of amides is 1. The fourth-order valence-electron chi connectivity index (χ4n) is 3.09. The maximum Gasteiger partial charge on any atom is 0.227 e. The first kappa shape index (κ1) is 16.6. The van der Waals surface area contributed by atoms with Gasteiger partial charge in [-0.05, 0) is 31.0 Å². The van der Waals surface area contributed by atoms with Gasteiger partial charge >= 0.3 is 0 Å². The maximum atomic E-state index is 11.8. The fourth-order valence-corrected chi connectivity index (χ4v) is 3.09. The SMILES string of the molecule is CCc1nnc(CN[C@@H](C)c2ccc(N3CCCC3=O)cc2)n1C. The zero-order valence-electron chi connectivity index (χ0n) is 14.6. The van der Waals surface area contributed by atoms with Crippen molar-refractivity contribution < 1.29 is 4.79 Å². The summed E-state index contributed by atoms with van der Waals surface area (Å²) < 4.78 is 2.04. The highest BCUT2D eigenvalue weighted by molar-refractivity contribution is 5.95. The number of benzene rings is 1. The Kier molecular flexibility index (Phi) is 4.94. The lowest BCUT2D eigenvalue weighted by atomic mass is 10.1. The number of aromatic nitrogens is 3. The Labute approximate surface area is 142 Å². The standard InChI is InChI=1S/C18H25N5O/c1-4-16-20-21-17(22(16)3)12-19-13(2)14-7-9-15(10-8-14)23-11-5-6-18(23)24/h7-10,13,19H,4-6,11-12H2,1-3H3/t13-/m0/s1. The van der Waals surface area contributed by atoms with Gasteiger partial charge in [0.1, 0.15) is 11.6 Å². The zero-order chi connectivity index (χ0) is 17.1. The first-order valence-corrected chi connectivity index (χ1v) is 8.61. The van der Waals surface area contributed by atoms with E-state index in [0.29, 0.717) is 13.0 Å². The lowest BCUT2D eigenvalue weighted by Crippen LogP contribution is -2.24. The molecule has 0 unspecified atom stereocenters. The van der Waals surface area contributed by atoms with Crippen molar-refractivity contribution >= 4 is 11.6 Å². The molecule has 2 heterocycles. The van der Waals surface area contributed by atoms with Crippen molar-refractivity contribution in [2.24, 2.45) is 7.05 Å². The molecule has 1 aliphatic heterocycles. The van der Waals surface area contributed by atoms with Crippen LogP contribution in [0.15, 0.2) is 24.3 Å². The molecule has 1 aromatic carbocycles. The molecular weight excluding hydrogens is 302 g/mol. The third-order valence-electron chi connectivity index (χ3n) is 4.72. The predicted molar refractivity (Wildman–Crippen MR) is 93.7 cm³/mol. The number of aryl methyl sites for hydroxylation is 1. The zero-order valence-corrected chi connectivity index (χ0v) is 14.6. The van der Waals surface area contributed by atoms with E-state index in [1.165, 1.54) is 5.56 Å². The number of carbonyl (C=O) groups excluding carboxylic acids is 1. The van der Waals surface area contributed by atoms with Gasteiger partial charge in [0.25, 0.3) is 0 Å². The van der Waals surface area contributed by atoms with Gasteiger partial charge in [-0.3, -0.25) is 4.79 Å². The van der Waals surface area contributed by atoms with Crippen LogP contribution < -0.4 is 10.2 Å². The molecule has 0 aliphatic carbocycles. The number of carbonyl (C=O) groups is 1. The van der Waals surface area contributed by atoms with Gasteiger partial charge in [-0.1, -0.05) is 19.1 Å². The summed E-state index contributed by atoms with van der Waals surface area (Å²) in [4.78, 5) is 13.7. The van der Waals surface area contributed by atoms with E-state index in [9.17, 15) is 4.79 Å². The third kappa shape index (κ3) is 3.33. The fraction of sp³-hybridized carbons (Fsp3) is 0.500. The molecule has 2 aromatic rings. The van der Waals surface area contributed by atoms with Gasteiger partial charge in [0.05, 0.1) is 6.54 Å². The van der Waals surface area contributed by atoms with Gasteiger partial charge in [0.15, 0.2) is 0 Å². The van der Waals surface area contributed by atoms with Crippen LogP contribution in [0.4, 0.5) is 5.69 Å². The van der Waals surface area contributed by atoms with Gasteiger partial charge in [-0.15, -0.1) is 10.2 Å². The molecule has 0 saturated carbocycles. The second-order valence-electron chi connectivity index (χ2n) is 6.29. The molecule has 6 heteroatoms. The van der Waals surface area contributed by atoms with E-state index in [-0.39, 0.29) is 11.9 Å². The Bertz CT molecular complexity index is 707. The highest BCUT2D eigenvalue weighted by atomic mass is 16.2. The van der Waals surface area contributed by atoms with E-state index in [1.807, 2.05) is 28.6 Å². The first-order chi connectivity index (χ1) is 11.6. The predicted octanol–water partition coefficient (Wildman–Crippen LogP) is 2.36. The summed E-state index contributed by atoms with van der Waals surface area (Å²) in [6, 6.07) is 8.46. The van der Waals surface area contributed by atoms with E-state index in [2.05, 4.69) is 41.5 Å². The smallest absolute Gasteiger partial charge is 0.227 e. The van der Waals surface area contributed by atoms with Crippen molar-refractivity contribution in [3.8, 4) is 0 Å². The van der Waals surface area contributed by atoms with Crippen molar-refractivity contribution in [3.63, 3.8) is 0 Å². The van der Waals surface area contributed by atoms with Crippen LogP contribution in [0.25, 0.3) is 0 Å². The Balaban J connectivity index is 1.61. The summed E-state index contributed by atoms with van der Waals surface area (Å²) in [5.41, 5.74) is 2.19. The Hall–Kier alpha value is -2.21. The second-order valence-corrected chi connectivity index (χ2v) is 6.29. The van der Waals surface area contributed by atoms with Gasteiger partial charge in [-0.25, -0.2) is 0 Å². The molecule has 128 valence electrons. The van der Waals surface area contributed by atoms with Crippen LogP contribution in [0.2, 0.25) is 0 Å². The van der Waals surface area contributed by atoms with Gasteiger partial charge in [0, 0.05) is 38.2 Å². The quantitative estimate of drug-likeness (QED) is 0.885. The number of hydrogen-bond acceptors (Lipinski definition) is 4. The molecule has 3 rings (SSSR count). The molecule has 1 fully saturated rings. The van der Waals surface area contributed by atoms with Crippen LogP contribution in [0, 0.1) is 0 Å². The molecule has 0 bridgehead atoms. The molecule has 1 atom stereocenters. The van der Waals surface area contributed by atoms with Crippen LogP contribution >= 0.6 is 0 Å².